The molecule has 4 amide bonds. The molecule has 2 saturated carbocycles. The minimum Gasteiger partial charge on any atom is -0.508 e. The quantitative estimate of drug-likeness (QED) is 0.102. The number of carbonyl (C=O) groups is 4. The summed E-state index contributed by atoms with van der Waals surface area (Å²) >= 11 is 0. The molecule has 0 aliphatic heterocycles. The lowest BCUT2D eigenvalue weighted by Gasteiger charge is -2.53. The van der Waals surface area contributed by atoms with Crippen LogP contribution in [0.1, 0.15) is 116 Å². The molecule has 6 N–H and O–H groups in total. The van der Waals surface area contributed by atoms with Crippen LogP contribution in [0.15, 0.2) is 42.7 Å². The van der Waals surface area contributed by atoms with E-state index >= 15 is 0 Å². The van der Waals surface area contributed by atoms with Crippen molar-refractivity contribution in [3.8, 4) is 5.75 Å². The molecule has 2 fully saturated rings. The number of aliphatic hydroxyl groups is 1. The van der Waals surface area contributed by atoms with Crippen molar-refractivity contribution < 1.29 is 37.8 Å². The monoisotopic (exact) mass is 820 g/mol. The Balaban J connectivity index is 0.882. The predicted molar refractivity (Wildman–Crippen MR) is 222 cm³/mol. The number of phenolic OH excluding ortho intramolecular Hbond substituents is 1. The van der Waals surface area contributed by atoms with Gasteiger partial charge in [0.15, 0.2) is 0 Å². The summed E-state index contributed by atoms with van der Waals surface area (Å²) in [6.45, 7) is 3.04. The molecule has 6 atom stereocenters. The molecular weight excluding hydrogens is 761 g/mol. The zero-order valence-electron chi connectivity index (χ0n) is 34.2. The Morgan fingerprint density at radius 1 is 0.828 bits per heavy atom. The molecule has 2 heterocycles. The van der Waals surface area contributed by atoms with Gasteiger partial charge in [-0.2, -0.15) is 0 Å². The lowest BCUT2D eigenvalue weighted by molar-refractivity contribution is -0.121. The molecule has 0 radical (unpaired) electrons. The highest BCUT2D eigenvalue weighted by Gasteiger charge is 2.56. The molecular formula is C43H60N6O8S. The van der Waals surface area contributed by atoms with Gasteiger partial charge in [-0.25, -0.2) is 8.42 Å². The molecule has 3 aliphatic rings. The molecule has 0 unspecified atom stereocenters. The van der Waals surface area contributed by atoms with Crippen LogP contribution < -0.4 is 21.3 Å². The number of phenols is 1. The van der Waals surface area contributed by atoms with Crippen molar-refractivity contribution in [1.29, 1.82) is 0 Å². The molecule has 6 rings (SSSR count). The highest BCUT2D eigenvalue weighted by Crippen LogP contribution is 2.62. The maximum atomic E-state index is 13.0. The van der Waals surface area contributed by atoms with Crippen molar-refractivity contribution in [2.45, 2.75) is 96.0 Å². The second-order valence-corrected chi connectivity index (χ2v) is 19.4. The molecule has 0 bridgehead atoms. The molecule has 0 spiro atoms. The number of aliphatic hydroxyl groups excluding tert-OH is 1. The van der Waals surface area contributed by atoms with E-state index in [0.717, 1.165) is 70.5 Å². The smallest absolute Gasteiger partial charge is 0.272 e. The van der Waals surface area contributed by atoms with Crippen molar-refractivity contribution in [2.24, 2.45) is 37.3 Å². The number of unbranched alkanes of at least 4 members (excludes halogenated alkanes) is 3. The number of aryl methyl sites for hydroxylation is 2. The standard InChI is InChI=1S/C43H60N6O8S/c1-43-17-14-33-32-11-10-31(50)22-28(32)21-27(40(33)34(43)12-13-37(43)51)9-7-5-6-8-18-44-38(52)15-19-45-41(54)35-24-30(26-48(35)2)47-42(55)36-23-29(25-49(36)3)46-39(53)16-20-58(4,56)57/h10-11,22-27,33-34,37,40,50-51H,5-9,12-21H2,1-4H3,(H,44,52)(H,45,54)(H,46,53)(H,47,55)/t27-,33-,34+,37+,40-,43+/m1/s1. The van der Waals surface area contributed by atoms with Crippen molar-refractivity contribution in [2.75, 3.05) is 35.7 Å². The minimum absolute atomic E-state index is 0.00535. The summed E-state index contributed by atoms with van der Waals surface area (Å²) in [4.78, 5) is 50.6. The van der Waals surface area contributed by atoms with Crippen molar-refractivity contribution in [3.63, 3.8) is 0 Å². The van der Waals surface area contributed by atoms with E-state index in [1.54, 1.807) is 31.1 Å². The van der Waals surface area contributed by atoms with Crippen LogP contribution in [0.4, 0.5) is 11.4 Å². The Morgan fingerprint density at radius 2 is 1.52 bits per heavy atom. The van der Waals surface area contributed by atoms with Gasteiger partial charge in [0, 0.05) is 58.7 Å². The Hall–Kier alpha value is -4.63. The maximum absolute atomic E-state index is 13.0. The summed E-state index contributed by atoms with van der Waals surface area (Å²) < 4.78 is 25.8. The number of fused-ring (bicyclic) bond motifs is 5. The third-order valence-electron chi connectivity index (χ3n) is 13.0. The van der Waals surface area contributed by atoms with Gasteiger partial charge in [0.05, 0.1) is 23.2 Å². The molecule has 15 heteroatoms. The Bertz CT molecular complexity index is 2110. The van der Waals surface area contributed by atoms with Crippen LogP contribution >= 0.6 is 0 Å². The van der Waals surface area contributed by atoms with Crippen LogP contribution in [0.5, 0.6) is 5.75 Å². The number of amides is 4. The molecule has 0 saturated heterocycles. The van der Waals surface area contributed by atoms with Gasteiger partial charge < -0.3 is 40.6 Å². The minimum atomic E-state index is -3.29. The van der Waals surface area contributed by atoms with Crippen LogP contribution in [-0.4, -0.2) is 82.6 Å². The van der Waals surface area contributed by atoms with Gasteiger partial charge in [0.2, 0.25) is 11.8 Å². The number of nitrogens with zero attached hydrogens (tertiary/aromatic N) is 2. The molecule has 1 aromatic carbocycles. The number of sulfone groups is 1. The predicted octanol–water partition coefficient (Wildman–Crippen LogP) is 5.02. The lowest BCUT2D eigenvalue weighted by Crippen LogP contribution is -2.47. The van der Waals surface area contributed by atoms with E-state index in [1.165, 1.54) is 27.8 Å². The number of rotatable bonds is 17. The van der Waals surface area contributed by atoms with Gasteiger partial charge >= 0.3 is 0 Å². The zero-order chi connectivity index (χ0) is 41.8. The number of nitrogens with one attached hydrogen (secondary N) is 4. The van der Waals surface area contributed by atoms with Crippen molar-refractivity contribution >= 4 is 44.8 Å². The number of aromatic hydroxyl groups is 1. The number of benzene rings is 1. The number of carbonyl (C=O) groups excluding carboxylic acids is 4. The molecule has 14 nitrogen and oxygen atoms in total. The van der Waals surface area contributed by atoms with Crippen LogP contribution in [0, 0.1) is 23.2 Å². The topological polar surface area (TPSA) is 201 Å². The van der Waals surface area contributed by atoms with E-state index in [9.17, 15) is 37.8 Å². The summed E-state index contributed by atoms with van der Waals surface area (Å²) in [5.41, 5.74) is 3.97. The van der Waals surface area contributed by atoms with E-state index in [2.05, 4.69) is 34.3 Å². The summed E-state index contributed by atoms with van der Waals surface area (Å²) in [7, 11) is 0.0200. The van der Waals surface area contributed by atoms with Gasteiger partial charge in [-0.3, -0.25) is 19.2 Å². The third kappa shape index (κ3) is 10.1. The fraction of sp³-hybridized carbons (Fsp3) is 0.581. The van der Waals surface area contributed by atoms with Gasteiger partial charge in [0.1, 0.15) is 27.0 Å². The average molecular weight is 821 g/mol. The van der Waals surface area contributed by atoms with Gasteiger partial charge in [-0.1, -0.05) is 32.3 Å². The Morgan fingerprint density at radius 3 is 2.24 bits per heavy atom. The Kier molecular flexibility index (Phi) is 13.4. The first-order valence-corrected chi connectivity index (χ1v) is 22.7. The SMILES string of the molecule is Cn1cc(NC(=O)c2cc(NC(=O)CCS(C)(=O)=O)cn2C)cc1C(=O)NCCC(=O)NCCCCCC[C@@H]1Cc2cc(O)ccc2[C@H]2CC[C@]3(C)[C@@H](O)CC[C@H]3[C@H]12. The maximum Gasteiger partial charge on any atom is 0.272 e. The largest absolute Gasteiger partial charge is 0.508 e. The van der Waals surface area contributed by atoms with Gasteiger partial charge in [-0.05, 0) is 109 Å². The first-order chi connectivity index (χ1) is 27.5. The van der Waals surface area contributed by atoms with Crippen molar-refractivity contribution in [1.82, 2.24) is 19.8 Å². The second kappa shape index (κ2) is 18.1. The van der Waals surface area contributed by atoms with Gasteiger partial charge in [0.25, 0.3) is 11.8 Å². The summed E-state index contributed by atoms with van der Waals surface area (Å²) in [5, 5.41) is 32.3. The molecule has 3 aromatic rings. The number of aromatic nitrogens is 2. The first kappa shape index (κ1) is 43.0. The van der Waals surface area contributed by atoms with Crippen LogP contribution in [-0.2, 0) is 39.9 Å². The lowest BCUT2D eigenvalue weighted by atomic mass is 9.52. The number of hydrogen-bond donors (Lipinski definition) is 6. The molecule has 3 aliphatic carbocycles. The number of anilines is 2. The Labute approximate surface area is 341 Å². The van der Waals surface area contributed by atoms with Crippen LogP contribution in [0.25, 0.3) is 0 Å². The van der Waals surface area contributed by atoms with Crippen LogP contribution in [0.2, 0.25) is 0 Å². The molecule has 316 valence electrons. The highest BCUT2D eigenvalue weighted by molar-refractivity contribution is 7.90. The molecule has 2 aromatic heterocycles. The summed E-state index contributed by atoms with van der Waals surface area (Å²) in [6.07, 6.45) is 14.3. The normalized spacial score (nSPS) is 23.6. The third-order valence-corrected chi connectivity index (χ3v) is 14.0. The first-order valence-electron chi connectivity index (χ1n) is 20.7. The molecule has 58 heavy (non-hydrogen) atoms. The summed E-state index contributed by atoms with van der Waals surface area (Å²) in [6, 6.07) is 8.95. The van der Waals surface area contributed by atoms with Gasteiger partial charge in [-0.15, -0.1) is 0 Å². The van der Waals surface area contributed by atoms with Crippen LogP contribution in [0.3, 0.4) is 0 Å². The second-order valence-electron chi connectivity index (χ2n) is 17.2. The van der Waals surface area contributed by atoms with E-state index in [4.69, 9.17) is 0 Å². The fourth-order valence-corrected chi connectivity index (χ4v) is 10.6. The number of hydrogen-bond acceptors (Lipinski definition) is 8. The summed E-state index contributed by atoms with van der Waals surface area (Å²) in [5.74, 6) is 0.722. The van der Waals surface area contributed by atoms with E-state index in [0.29, 0.717) is 53.0 Å². The average Bonchev–Trinajstić information content (AvgIpc) is 3.82. The highest BCUT2D eigenvalue weighted by atomic mass is 32.2. The van der Waals surface area contributed by atoms with E-state index in [1.807, 2.05) is 12.1 Å². The fourth-order valence-electron chi connectivity index (χ4n) is 10.0. The van der Waals surface area contributed by atoms with E-state index in [-0.39, 0.29) is 54.2 Å². The van der Waals surface area contributed by atoms with Crippen molar-refractivity contribution in [3.05, 3.63) is 65.2 Å². The zero-order valence-corrected chi connectivity index (χ0v) is 35.0. The van der Waals surface area contributed by atoms with E-state index < -0.39 is 21.7 Å².